The van der Waals surface area contributed by atoms with Crippen LogP contribution in [-0.4, -0.2) is 5.91 Å². The summed E-state index contributed by atoms with van der Waals surface area (Å²) < 4.78 is 13.7. The summed E-state index contributed by atoms with van der Waals surface area (Å²) in [6, 6.07) is 9.95. The molecule has 19 heavy (non-hydrogen) atoms. The van der Waals surface area contributed by atoms with Crippen LogP contribution in [0.25, 0.3) is 0 Å². The molecule has 98 valence electrons. The Balaban J connectivity index is 2.25. The molecule has 0 aliphatic rings. The first-order valence-corrected chi connectivity index (χ1v) is 6.89. The SMILES string of the molecule is Cc1ccc(C(=O)Nc2ccc(F)cc2I)c(C)c1. The van der Waals surface area contributed by atoms with Crippen LogP contribution in [0.15, 0.2) is 36.4 Å². The number of amides is 1. The van der Waals surface area contributed by atoms with E-state index in [2.05, 4.69) is 5.32 Å². The summed E-state index contributed by atoms with van der Waals surface area (Å²) in [5.74, 6) is -0.490. The van der Waals surface area contributed by atoms with Crippen LogP contribution in [0.5, 0.6) is 0 Å². The van der Waals surface area contributed by atoms with Gasteiger partial charge in [0.15, 0.2) is 0 Å². The van der Waals surface area contributed by atoms with E-state index in [1.165, 1.54) is 12.1 Å². The summed E-state index contributed by atoms with van der Waals surface area (Å²) in [6.07, 6.45) is 0. The van der Waals surface area contributed by atoms with E-state index >= 15 is 0 Å². The van der Waals surface area contributed by atoms with Crippen molar-refractivity contribution in [2.75, 3.05) is 5.32 Å². The number of rotatable bonds is 2. The molecule has 0 bridgehead atoms. The number of hydrogen-bond acceptors (Lipinski definition) is 1. The Morgan fingerprint density at radius 2 is 1.89 bits per heavy atom. The van der Waals surface area contributed by atoms with Crippen molar-refractivity contribution in [1.29, 1.82) is 0 Å². The molecule has 0 aliphatic carbocycles. The summed E-state index contributed by atoms with van der Waals surface area (Å²) in [5.41, 5.74) is 3.29. The van der Waals surface area contributed by atoms with E-state index in [0.29, 0.717) is 14.8 Å². The number of aryl methyl sites for hydroxylation is 2. The van der Waals surface area contributed by atoms with Gasteiger partial charge in [0.25, 0.3) is 5.91 Å². The largest absolute Gasteiger partial charge is 0.321 e. The number of carbonyl (C=O) groups excluding carboxylic acids is 1. The average Bonchev–Trinajstić information content (AvgIpc) is 2.32. The van der Waals surface area contributed by atoms with Crippen LogP contribution < -0.4 is 5.32 Å². The molecule has 0 aromatic heterocycles. The molecule has 0 aliphatic heterocycles. The van der Waals surface area contributed by atoms with Crippen LogP contribution >= 0.6 is 22.6 Å². The van der Waals surface area contributed by atoms with Gasteiger partial charge in [-0.2, -0.15) is 0 Å². The number of hydrogen-bond donors (Lipinski definition) is 1. The molecule has 0 radical (unpaired) electrons. The third-order valence-corrected chi connectivity index (χ3v) is 3.70. The highest BCUT2D eigenvalue weighted by molar-refractivity contribution is 14.1. The maximum absolute atomic E-state index is 13.0. The highest BCUT2D eigenvalue weighted by Crippen LogP contribution is 2.20. The molecule has 2 aromatic carbocycles. The van der Waals surface area contributed by atoms with Gasteiger partial charge >= 0.3 is 0 Å². The fourth-order valence-corrected chi connectivity index (χ4v) is 2.46. The molecular formula is C15H13FINO. The van der Waals surface area contributed by atoms with Crippen LogP contribution in [0.4, 0.5) is 10.1 Å². The Morgan fingerprint density at radius 3 is 2.53 bits per heavy atom. The molecule has 0 saturated carbocycles. The van der Waals surface area contributed by atoms with Gasteiger partial charge in [0.1, 0.15) is 5.82 Å². The molecule has 0 heterocycles. The fourth-order valence-electron chi connectivity index (χ4n) is 1.85. The van der Waals surface area contributed by atoms with Gasteiger partial charge in [-0.25, -0.2) is 4.39 Å². The Morgan fingerprint density at radius 1 is 1.16 bits per heavy atom. The summed E-state index contributed by atoms with van der Waals surface area (Å²) in [5, 5.41) is 2.80. The van der Waals surface area contributed by atoms with Gasteiger partial charge in [-0.05, 0) is 66.3 Å². The molecule has 2 aromatic rings. The smallest absolute Gasteiger partial charge is 0.255 e. The van der Waals surface area contributed by atoms with Crippen LogP contribution in [-0.2, 0) is 0 Å². The molecule has 4 heteroatoms. The van der Waals surface area contributed by atoms with Gasteiger partial charge in [-0.1, -0.05) is 17.7 Å². The second-order valence-corrected chi connectivity index (χ2v) is 5.56. The molecule has 2 rings (SSSR count). The minimum atomic E-state index is -0.311. The third kappa shape index (κ3) is 3.32. The van der Waals surface area contributed by atoms with Crippen LogP contribution in [0.2, 0.25) is 0 Å². The van der Waals surface area contributed by atoms with Crippen molar-refractivity contribution in [3.05, 3.63) is 62.5 Å². The van der Waals surface area contributed by atoms with Crippen molar-refractivity contribution < 1.29 is 9.18 Å². The van der Waals surface area contributed by atoms with E-state index in [4.69, 9.17) is 0 Å². The zero-order valence-corrected chi connectivity index (χ0v) is 12.8. The maximum Gasteiger partial charge on any atom is 0.255 e. The van der Waals surface area contributed by atoms with E-state index in [1.54, 1.807) is 12.1 Å². The lowest BCUT2D eigenvalue weighted by Crippen LogP contribution is -2.14. The molecule has 0 spiro atoms. The van der Waals surface area contributed by atoms with Crippen molar-refractivity contribution in [2.45, 2.75) is 13.8 Å². The van der Waals surface area contributed by atoms with Crippen molar-refractivity contribution in [3.63, 3.8) is 0 Å². The van der Waals surface area contributed by atoms with Crippen LogP contribution in [0.1, 0.15) is 21.5 Å². The predicted octanol–water partition coefficient (Wildman–Crippen LogP) is 4.30. The zero-order valence-electron chi connectivity index (χ0n) is 10.6. The molecule has 1 N–H and O–H groups in total. The lowest BCUT2D eigenvalue weighted by Gasteiger charge is -2.10. The third-order valence-electron chi connectivity index (χ3n) is 2.81. The van der Waals surface area contributed by atoms with E-state index in [0.717, 1.165) is 11.1 Å². The van der Waals surface area contributed by atoms with Crippen molar-refractivity contribution in [3.8, 4) is 0 Å². The molecule has 0 atom stereocenters. The minimum absolute atomic E-state index is 0.179. The monoisotopic (exact) mass is 369 g/mol. The van der Waals surface area contributed by atoms with Gasteiger partial charge in [-0.15, -0.1) is 0 Å². The zero-order chi connectivity index (χ0) is 14.0. The number of anilines is 1. The Labute approximate surface area is 125 Å². The van der Waals surface area contributed by atoms with Crippen LogP contribution in [0.3, 0.4) is 0 Å². The Kier molecular flexibility index (Phi) is 4.19. The number of halogens is 2. The molecular weight excluding hydrogens is 356 g/mol. The normalized spacial score (nSPS) is 10.3. The van der Waals surface area contributed by atoms with Crippen molar-refractivity contribution in [1.82, 2.24) is 0 Å². The molecule has 1 amide bonds. The molecule has 2 nitrogen and oxygen atoms in total. The topological polar surface area (TPSA) is 29.1 Å². The number of carbonyl (C=O) groups is 1. The highest BCUT2D eigenvalue weighted by Gasteiger charge is 2.11. The van der Waals surface area contributed by atoms with E-state index in [1.807, 2.05) is 48.6 Å². The Bertz CT molecular complexity index is 640. The first kappa shape index (κ1) is 14.0. The molecule has 0 fully saturated rings. The summed E-state index contributed by atoms with van der Waals surface area (Å²) in [7, 11) is 0. The summed E-state index contributed by atoms with van der Waals surface area (Å²) in [4.78, 5) is 12.2. The van der Waals surface area contributed by atoms with E-state index < -0.39 is 0 Å². The molecule has 0 saturated heterocycles. The van der Waals surface area contributed by atoms with Crippen molar-refractivity contribution >= 4 is 34.2 Å². The van der Waals surface area contributed by atoms with E-state index in [9.17, 15) is 9.18 Å². The lowest BCUT2D eigenvalue weighted by atomic mass is 10.1. The first-order valence-electron chi connectivity index (χ1n) is 5.81. The van der Waals surface area contributed by atoms with Crippen molar-refractivity contribution in [2.24, 2.45) is 0 Å². The predicted molar refractivity (Wildman–Crippen MR) is 83.0 cm³/mol. The quantitative estimate of drug-likeness (QED) is 0.786. The molecule has 0 unspecified atom stereocenters. The second kappa shape index (κ2) is 5.69. The van der Waals surface area contributed by atoms with Gasteiger partial charge < -0.3 is 5.32 Å². The maximum atomic E-state index is 13.0. The van der Waals surface area contributed by atoms with Gasteiger partial charge in [0.05, 0.1) is 5.69 Å². The summed E-state index contributed by atoms with van der Waals surface area (Å²) >= 11 is 2.00. The standard InChI is InChI=1S/C15H13FINO/c1-9-3-5-12(10(2)7-9)15(19)18-14-6-4-11(16)8-13(14)17/h3-8H,1-2H3,(H,18,19). The average molecular weight is 369 g/mol. The summed E-state index contributed by atoms with van der Waals surface area (Å²) in [6.45, 7) is 3.88. The first-order chi connectivity index (χ1) is 8.97. The lowest BCUT2D eigenvalue weighted by molar-refractivity contribution is 0.102. The van der Waals surface area contributed by atoms with Crippen LogP contribution in [0, 0.1) is 23.2 Å². The fraction of sp³-hybridized carbons (Fsp3) is 0.133. The van der Waals surface area contributed by atoms with Gasteiger partial charge in [0, 0.05) is 9.13 Å². The number of nitrogens with one attached hydrogen (secondary N) is 1. The number of benzene rings is 2. The van der Waals surface area contributed by atoms with Gasteiger partial charge in [0.2, 0.25) is 0 Å². The highest BCUT2D eigenvalue weighted by atomic mass is 127. The van der Waals surface area contributed by atoms with Gasteiger partial charge in [-0.3, -0.25) is 4.79 Å². The second-order valence-electron chi connectivity index (χ2n) is 4.40. The minimum Gasteiger partial charge on any atom is -0.321 e. The Hall–Kier alpha value is -1.43. The van der Waals surface area contributed by atoms with E-state index in [-0.39, 0.29) is 11.7 Å².